The van der Waals surface area contributed by atoms with E-state index in [1.54, 1.807) is 19.1 Å². The Balaban J connectivity index is 2.44. The maximum Gasteiger partial charge on any atom is 0.202 e. The smallest absolute Gasteiger partial charge is 0.202 e. The summed E-state index contributed by atoms with van der Waals surface area (Å²) in [5.41, 5.74) is 0.585. The van der Waals surface area contributed by atoms with E-state index in [1.807, 2.05) is 0 Å². The third-order valence-electron chi connectivity index (χ3n) is 3.66. The molecule has 5 nitrogen and oxygen atoms in total. The highest BCUT2D eigenvalue weighted by molar-refractivity contribution is 6.31. The van der Waals surface area contributed by atoms with Gasteiger partial charge in [-0.3, -0.25) is 9.59 Å². The highest BCUT2D eigenvalue weighted by Crippen LogP contribution is 2.41. The number of ketones is 2. The fraction of sp³-hybridized carbons (Fsp3) is 0.125. The lowest BCUT2D eigenvalue weighted by Gasteiger charge is -2.22. The van der Waals surface area contributed by atoms with Gasteiger partial charge in [-0.1, -0.05) is 6.07 Å². The Morgan fingerprint density at radius 2 is 1.33 bits per heavy atom. The van der Waals surface area contributed by atoms with Crippen LogP contribution in [0.3, 0.4) is 0 Å². The third kappa shape index (κ3) is 1.64. The van der Waals surface area contributed by atoms with Gasteiger partial charge < -0.3 is 14.9 Å². The van der Waals surface area contributed by atoms with Crippen LogP contribution in [-0.4, -0.2) is 28.9 Å². The molecule has 0 amide bonds. The van der Waals surface area contributed by atoms with Gasteiger partial charge in [0.1, 0.15) is 17.2 Å². The quantitative estimate of drug-likeness (QED) is 0.669. The molecule has 0 unspecified atom stereocenters. The second-order valence-corrected chi connectivity index (χ2v) is 4.85. The summed E-state index contributed by atoms with van der Waals surface area (Å²) in [6, 6.07) is 5.66. The molecule has 1 aliphatic carbocycles. The Labute approximate surface area is 120 Å². The molecule has 3 rings (SSSR count). The van der Waals surface area contributed by atoms with E-state index in [0.717, 1.165) is 0 Å². The molecular formula is C16H12O5. The van der Waals surface area contributed by atoms with Gasteiger partial charge in [-0.05, 0) is 30.7 Å². The lowest BCUT2D eigenvalue weighted by atomic mass is 9.80. The summed E-state index contributed by atoms with van der Waals surface area (Å²) in [5.74, 6) is -1.43. The molecule has 0 radical (unpaired) electrons. The summed E-state index contributed by atoms with van der Waals surface area (Å²) >= 11 is 0. The van der Waals surface area contributed by atoms with Gasteiger partial charge >= 0.3 is 0 Å². The molecule has 2 aromatic carbocycles. The second-order valence-electron chi connectivity index (χ2n) is 4.85. The first-order valence-corrected chi connectivity index (χ1v) is 6.29. The Morgan fingerprint density at radius 3 is 1.86 bits per heavy atom. The van der Waals surface area contributed by atoms with E-state index in [0.29, 0.717) is 5.56 Å². The van der Waals surface area contributed by atoms with Gasteiger partial charge in [0.2, 0.25) is 5.78 Å². The van der Waals surface area contributed by atoms with Crippen LogP contribution in [-0.2, 0) is 0 Å². The predicted octanol–water partition coefficient (Wildman–Crippen LogP) is 2.19. The van der Waals surface area contributed by atoms with Crippen molar-refractivity contribution in [1.29, 1.82) is 0 Å². The molecule has 21 heavy (non-hydrogen) atoms. The van der Waals surface area contributed by atoms with E-state index in [-0.39, 0.29) is 39.5 Å². The van der Waals surface area contributed by atoms with Crippen molar-refractivity contribution in [3.8, 4) is 17.2 Å². The molecule has 1 aliphatic rings. The molecule has 5 heteroatoms. The zero-order valence-corrected chi connectivity index (χ0v) is 11.4. The molecule has 0 saturated carbocycles. The first-order valence-electron chi connectivity index (χ1n) is 6.29. The number of hydrogen-bond acceptors (Lipinski definition) is 5. The minimum Gasteiger partial charge on any atom is -0.507 e. The molecule has 0 heterocycles. The summed E-state index contributed by atoms with van der Waals surface area (Å²) in [5, 5.41) is 19.8. The predicted molar refractivity (Wildman–Crippen MR) is 74.4 cm³/mol. The molecule has 0 aromatic heterocycles. The van der Waals surface area contributed by atoms with E-state index in [2.05, 4.69) is 0 Å². The van der Waals surface area contributed by atoms with Crippen LogP contribution < -0.4 is 4.74 Å². The number of aromatic hydroxyl groups is 2. The van der Waals surface area contributed by atoms with E-state index >= 15 is 0 Å². The van der Waals surface area contributed by atoms with E-state index in [9.17, 15) is 19.8 Å². The average molecular weight is 284 g/mol. The molecule has 0 fully saturated rings. The normalized spacial score (nSPS) is 12.9. The number of hydrogen-bond donors (Lipinski definition) is 2. The topological polar surface area (TPSA) is 83.8 Å². The number of rotatable bonds is 1. The fourth-order valence-corrected chi connectivity index (χ4v) is 2.67. The highest BCUT2D eigenvalue weighted by atomic mass is 16.5. The zero-order chi connectivity index (χ0) is 15.3. The SMILES string of the molecule is COc1ccc(C)c2c1C(=O)c1c(O)ccc(O)c1C2=O. The molecule has 106 valence electrons. The summed E-state index contributed by atoms with van der Waals surface area (Å²) in [4.78, 5) is 25.3. The van der Waals surface area contributed by atoms with Crippen molar-refractivity contribution < 1.29 is 24.5 Å². The fourth-order valence-electron chi connectivity index (χ4n) is 2.67. The van der Waals surface area contributed by atoms with Crippen molar-refractivity contribution in [2.45, 2.75) is 6.92 Å². The number of ether oxygens (including phenoxy) is 1. The molecule has 0 spiro atoms. The largest absolute Gasteiger partial charge is 0.507 e. The second kappa shape index (κ2) is 4.34. The Bertz CT molecular complexity index is 805. The van der Waals surface area contributed by atoms with E-state index < -0.39 is 11.6 Å². The van der Waals surface area contributed by atoms with Crippen molar-refractivity contribution in [1.82, 2.24) is 0 Å². The minimum absolute atomic E-state index is 0.121. The number of fused-ring (bicyclic) bond motifs is 2. The molecule has 0 bridgehead atoms. The molecule has 2 N–H and O–H groups in total. The van der Waals surface area contributed by atoms with Gasteiger partial charge in [0.05, 0.1) is 23.8 Å². The van der Waals surface area contributed by atoms with Gasteiger partial charge in [0.25, 0.3) is 0 Å². The summed E-state index contributed by atoms with van der Waals surface area (Å²) in [7, 11) is 1.40. The molecule has 0 atom stereocenters. The average Bonchev–Trinajstić information content (AvgIpc) is 2.46. The molecule has 0 aliphatic heterocycles. The standard InChI is InChI=1S/C16H12O5/c1-7-3-6-10(21-2)14-11(7)15(19)12-8(17)4-5-9(18)13(12)16(14)20/h3-6,17-18H,1-2H3. The highest BCUT2D eigenvalue weighted by Gasteiger charge is 2.37. The zero-order valence-electron chi connectivity index (χ0n) is 11.4. The van der Waals surface area contributed by atoms with Crippen molar-refractivity contribution in [2.75, 3.05) is 7.11 Å². The van der Waals surface area contributed by atoms with Gasteiger partial charge in [0, 0.05) is 5.56 Å². The number of carbonyl (C=O) groups excluding carboxylic acids is 2. The van der Waals surface area contributed by atoms with Crippen LogP contribution in [0.4, 0.5) is 0 Å². The van der Waals surface area contributed by atoms with Crippen LogP contribution in [0.15, 0.2) is 24.3 Å². The number of benzene rings is 2. The Hall–Kier alpha value is -2.82. The molecule has 2 aromatic rings. The van der Waals surface area contributed by atoms with Crippen LogP contribution in [0, 0.1) is 6.92 Å². The lowest BCUT2D eigenvalue weighted by molar-refractivity contribution is 0.0971. The maximum atomic E-state index is 12.7. The Kier molecular flexibility index (Phi) is 2.73. The molecule has 0 saturated heterocycles. The van der Waals surface area contributed by atoms with E-state index in [1.165, 1.54) is 19.2 Å². The van der Waals surface area contributed by atoms with Crippen LogP contribution in [0.5, 0.6) is 17.2 Å². The number of carbonyl (C=O) groups is 2. The first kappa shape index (κ1) is 13.2. The van der Waals surface area contributed by atoms with Gasteiger partial charge in [0.15, 0.2) is 5.78 Å². The van der Waals surface area contributed by atoms with Crippen molar-refractivity contribution in [2.24, 2.45) is 0 Å². The summed E-state index contributed by atoms with van der Waals surface area (Å²) < 4.78 is 5.15. The Morgan fingerprint density at radius 1 is 0.810 bits per heavy atom. The number of phenolic OH excluding ortho intramolecular Hbond substituents is 2. The van der Waals surface area contributed by atoms with Gasteiger partial charge in [-0.2, -0.15) is 0 Å². The van der Waals surface area contributed by atoms with Crippen molar-refractivity contribution in [3.63, 3.8) is 0 Å². The van der Waals surface area contributed by atoms with Crippen LogP contribution in [0.2, 0.25) is 0 Å². The maximum absolute atomic E-state index is 12.7. The van der Waals surface area contributed by atoms with Crippen molar-refractivity contribution in [3.05, 3.63) is 52.1 Å². The van der Waals surface area contributed by atoms with Crippen molar-refractivity contribution >= 4 is 11.6 Å². The van der Waals surface area contributed by atoms with E-state index in [4.69, 9.17) is 4.74 Å². The summed E-state index contributed by atoms with van der Waals surface area (Å²) in [6.07, 6.45) is 0. The first-order chi connectivity index (χ1) is 9.97. The third-order valence-corrected chi connectivity index (χ3v) is 3.66. The number of phenols is 2. The van der Waals surface area contributed by atoms with Gasteiger partial charge in [-0.25, -0.2) is 0 Å². The monoisotopic (exact) mass is 284 g/mol. The molecular weight excluding hydrogens is 272 g/mol. The van der Waals surface area contributed by atoms with Crippen LogP contribution in [0.25, 0.3) is 0 Å². The number of methoxy groups -OCH3 is 1. The van der Waals surface area contributed by atoms with Crippen LogP contribution >= 0.6 is 0 Å². The van der Waals surface area contributed by atoms with Crippen LogP contribution in [0.1, 0.15) is 37.4 Å². The lowest BCUT2D eigenvalue weighted by Crippen LogP contribution is -2.23. The minimum atomic E-state index is -0.534. The summed E-state index contributed by atoms with van der Waals surface area (Å²) in [6.45, 7) is 1.70. The van der Waals surface area contributed by atoms with Gasteiger partial charge in [-0.15, -0.1) is 0 Å². The number of aryl methyl sites for hydroxylation is 1.